The molecule has 2 amide bonds. The maximum absolute atomic E-state index is 12.2. The molecule has 1 unspecified atom stereocenters. The van der Waals surface area contributed by atoms with Crippen LogP contribution < -0.4 is 5.32 Å². The van der Waals surface area contributed by atoms with Crippen LogP contribution in [0.2, 0.25) is 0 Å². The first kappa shape index (κ1) is 16.8. The first-order chi connectivity index (χ1) is 10.5. The number of aryl methyl sites for hydroxylation is 2. The Labute approximate surface area is 132 Å². The lowest BCUT2D eigenvalue weighted by molar-refractivity contribution is 0.159. The van der Waals surface area contributed by atoms with Crippen molar-refractivity contribution in [1.29, 1.82) is 0 Å². The molecule has 6 nitrogen and oxygen atoms in total. The average Bonchev–Trinajstić information content (AvgIpc) is 2.81. The van der Waals surface area contributed by atoms with Gasteiger partial charge in [0.05, 0.1) is 12.2 Å². The van der Waals surface area contributed by atoms with E-state index in [0.29, 0.717) is 19.1 Å². The van der Waals surface area contributed by atoms with E-state index >= 15 is 0 Å². The third-order valence-corrected chi connectivity index (χ3v) is 4.54. The van der Waals surface area contributed by atoms with Crippen LogP contribution in [0, 0.1) is 13.8 Å². The smallest absolute Gasteiger partial charge is 0.317 e. The number of carbonyl (C=O) groups is 1. The second-order valence-electron chi connectivity index (χ2n) is 6.27. The van der Waals surface area contributed by atoms with Gasteiger partial charge >= 0.3 is 6.03 Å². The van der Waals surface area contributed by atoms with E-state index in [1.54, 1.807) is 11.9 Å². The van der Waals surface area contributed by atoms with Gasteiger partial charge in [-0.2, -0.15) is 0 Å². The molecule has 1 atom stereocenters. The summed E-state index contributed by atoms with van der Waals surface area (Å²) < 4.78 is 5.13. The fourth-order valence-corrected chi connectivity index (χ4v) is 2.97. The van der Waals surface area contributed by atoms with E-state index in [0.717, 1.165) is 30.1 Å². The topological polar surface area (TPSA) is 61.6 Å². The van der Waals surface area contributed by atoms with E-state index in [2.05, 4.69) is 22.3 Å². The summed E-state index contributed by atoms with van der Waals surface area (Å²) in [5.74, 6) is 0.777. The standard InChI is InChI=1S/C16H28N4O2/c1-12-7-5-6-9-20(12)10-8-17-16(21)19(4)11-15-13(2)18-22-14(15)3/h12H,5-11H2,1-4H3,(H,17,21). The Hall–Kier alpha value is -1.56. The maximum atomic E-state index is 12.2. The molecule has 0 saturated carbocycles. The summed E-state index contributed by atoms with van der Waals surface area (Å²) in [6.07, 6.45) is 3.86. The van der Waals surface area contributed by atoms with Gasteiger partial charge in [0.1, 0.15) is 5.76 Å². The van der Waals surface area contributed by atoms with Crippen molar-refractivity contribution in [2.75, 3.05) is 26.7 Å². The number of likely N-dealkylation sites (tertiary alicyclic amines) is 1. The minimum atomic E-state index is -0.0512. The Balaban J connectivity index is 1.74. The van der Waals surface area contributed by atoms with Gasteiger partial charge in [0.15, 0.2) is 0 Å². The second-order valence-corrected chi connectivity index (χ2v) is 6.27. The second kappa shape index (κ2) is 7.63. The lowest BCUT2D eigenvalue weighted by atomic mass is 10.0. The van der Waals surface area contributed by atoms with Gasteiger partial charge in [-0.25, -0.2) is 4.79 Å². The van der Waals surface area contributed by atoms with Gasteiger partial charge in [-0.1, -0.05) is 11.6 Å². The minimum Gasteiger partial charge on any atom is -0.361 e. The van der Waals surface area contributed by atoms with E-state index in [1.807, 2.05) is 13.8 Å². The van der Waals surface area contributed by atoms with Gasteiger partial charge in [-0.3, -0.25) is 4.90 Å². The molecule has 1 saturated heterocycles. The molecule has 0 aliphatic carbocycles. The van der Waals surface area contributed by atoms with Crippen molar-refractivity contribution in [1.82, 2.24) is 20.3 Å². The molecule has 2 heterocycles. The third-order valence-electron chi connectivity index (χ3n) is 4.54. The predicted octanol–water partition coefficient (Wildman–Crippen LogP) is 2.31. The number of urea groups is 1. The number of aromatic nitrogens is 1. The lowest BCUT2D eigenvalue weighted by Gasteiger charge is -2.33. The third kappa shape index (κ3) is 4.22. The summed E-state index contributed by atoms with van der Waals surface area (Å²) >= 11 is 0. The molecule has 6 heteroatoms. The fraction of sp³-hybridized carbons (Fsp3) is 0.750. The van der Waals surface area contributed by atoms with E-state index in [9.17, 15) is 4.79 Å². The number of rotatable bonds is 5. The Bertz CT molecular complexity index is 481. The zero-order valence-corrected chi connectivity index (χ0v) is 14.2. The molecule has 0 radical (unpaired) electrons. The van der Waals surface area contributed by atoms with Crippen LogP contribution in [-0.2, 0) is 6.54 Å². The number of carbonyl (C=O) groups excluding carboxylic acids is 1. The first-order valence-corrected chi connectivity index (χ1v) is 8.13. The van der Waals surface area contributed by atoms with Crippen molar-refractivity contribution < 1.29 is 9.32 Å². The molecule has 1 aliphatic heterocycles. The summed E-state index contributed by atoms with van der Waals surface area (Å²) in [5, 5.41) is 6.92. The average molecular weight is 308 g/mol. The van der Waals surface area contributed by atoms with Gasteiger partial charge in [-0.05, 0) is 40.2 Å². The molecule has 1 aromatic heterocycles. The Kier molecular flexibility index (Phi) is 5.83. The van der Waals surface area contributed by atoms with E-state index in [4.69, 9.17) is 4.52 Å². The predicted molar refractivity (Wildman–Crippen MR) is 85.7 cm³/mol. The van der Waals surface area contributed by atoms with Crippen LogP contribution in [0.15, 0.2) is 4.52 Å². The maximum Gasteiger partial charge on any atom is 0.317 e. The van der Waals surface area contributed by atoms with Crippen molar-refractivity contribution in [2.45, 2.75) is 52.6 Å². The number of nitrogens with zero attached hydrogens (tertiary/aromatic N) is 3. The summed E-state index contributed by atoms with van der Waals surface area (Å²) in [6, 6.07) is 0.579. The number of nitrogens with one attached hydrogen (secondary N) is 1. The van der Waals surface area contributed by atoms with E-state index in [1.165, 1.54) is 19.3 Å². The van der Waals surface area contributed by atoms with Crippen molar-refractivity contribution in [3.05, 3.63) is 17.0 Å². The minimum absolute atomic E-state index is 0.0512. The Morgan fingerprint density at radius 1 is 1.45 bits per heavy atom. The zero-order valence-electron chi connectivity index (χ0n) is 14.2. The van der Waals surface area contributed by atoms with Crippen molar-refractivity contribution >= 4 is 6.03 Å². The van der Waals surface area contributed by atoms with E-state index in [-0.39, 0.29) is 6.03 Å². The highest BCUT2D eigenvalue weighted by Gasteiger charge is 2.19. The highest BCUT2D eigenvalue weighted by atomic mass is 16.5. The molecule has 0 bridgehead atoms. The quantitative estimate of drug-likeness (QED) is 0.906. The number of piperidine rings is 1. The van der Waals surface area contributed by atoms with Gasteiger partial charge in [0, 0.05) is 31.7 Å². The summed E-state index contributed by atoms with van der Waals surface area (Å²) in [7, 11) is 1.80. The molecule has 1 N–H and O–H groups in total. The van der Waals surface area contributed by atoms with Crippen LogP contribution >= 0.6 is 0 Å². The molecule has 1 aromatic rings. The summed E-state index contributed by atoms with van der Waals surface area (Å²) in [4.78, 5) is 16.3. The van der Waals surface area contributed by atoms with E-state index < -0.39 is 0 Å². The number of amides is 2. The number of hydrogen-bond donors (Lipinski definition) is 1. The Morgan fingerprint density at radius 2 is 2.23 bits per heavy atom. The fourth-order valence-electron chi connectivity index (χ4n) is 2.97. The van der Waals surface area contributed by atoms with Gasteiger partial charge in [-0.15, -0.1) is 0 Å². The van der Waals surface area contributed by atoms with Crippen LogP contribution in [0.3, 0.4) is 0 Å². The van der Waals surface area contributed by atoms with Crippen LogP contribution in [0.1, 0.15) is 43.2 Å². The highest BCUT2D eigenvalue weighted by Crippen LogP contribution is 2.16. The van der Waals surface area contributed by atoms with Gasteiger partial charge in [0.25, 0.3) is 0 Å². The molecule has 124 valence electrons. The summed E-state index contributed by atoms with van der Waals surface area (Å²) in [6.45, 7) is 9.32. The molecule has 1 aliphatic rings. The highest BCUT2D eigenvalue weighted by molar-refractivity contribution is 5.73. The molecular weight excluding hydrogens is 280 g/mol. The molecule has 22 heavy (non-hydrogen) atoms. The molecule has 1 fully saturated rings. The monoisotopic (exact) mass is 308 g/mol. The van der Waals surface area contributed by atoms with Crippen LogP contribution in [0.4, 0.5) is 4.79 Å². The Morgan fingerprint density at radius 3 is 2.86 bits per heavy atom. The largest absolute Gasteiger partial charge is 0.361 e. The molecular formula is C16H28N4O2. The normalized spacial score (nSPS) is 19.2. The molecule has 0 spiro atoms. The van der Waals surface area contributed by atoms with Crippen molar-refractivity contribution in [2.24, 2.45) is 0 Å². The van der Waals surface area contributed by atoms with Gasteiger partial charge < -0.3 is 14.7 Å². The van der Waals surface area contributed by atoms with Gasteiger partial charge in [0.2, 0.25) is 0 Å². The van der Waals surface area contributed by atoms with Crippen LogP contribution in [0.5, 0.6) is 0 Å². The van der Waals surface area contributed by atoms with Crippen molar-refractivity contribution in [3.63, 3.8) is 0 Å². The molecule has 2 rings (SSSR count). The van der Waals surface area contributed by atoms with Crippen LogP contribution in [0.25, 0.3) is 0 Å². The van der Waals surface area contributed by atoms with Crippen LogP contribution in [-0.4, -0.2) is 53.7 Å². The SMILES string of the molecule is Cc1noc(C)c1CN(C)C(=O)NCCN1CCCCC1C. The van der Waals surface area contributed by atoms with Crippen molar-refractivity contribution in [3.8, 4) is 0 Å². The molecule has 0 aromatic carbocycles. The number of hydrogen-bond acceptors (Lipinski definition) is 4. The first-order valence-electron chi connectivity index (χ1n) is 8.13. The lowest BCUT2D eigenvalue weighted by Crippen LogP contribution is -2.44. The summed E-state index contributed by atoms with van der Waals surface area (Å²) in [5.41, 5.74) is 1.83. The zero-order chi connectivity index (χ0) is 16.1.